The van der Waals surface area contributed by atoms with Crippen molar-refractivity contribution >= 4 is 29.6 Å². The fourth-order valence-electron chi connectivity index (χ4n) is 8.69. The molecule has 0 unspecified atom stereocenters. The molecule has 0 bridgehead atoms. The third-order valence-electron chi connectivity index (χ3n) is 12.9. The van der Waals surface area contributed by atoms with Gasteiger partial charge in [-0.15, -0.1) is 0 Å². The second kappa shape index (κ2) is 50.8. The van der Waals surface area contributed by atoms with E-state index in [9.17, 15) is 19.5 Å². The molecule has 1 amide bonds. The summed E-state index contributed by atoms with van der Waals surface area (Å²) in [5.41, 5.74) is 0. The molecule has 368 valence electrons. The van der Waals surface area contributed by atoms with Crippen LogP contribution >= 0.6 is 11.8 Å². The normalized spacial score (nSPS) is 12.4. The standard InChI is InChI=1S/C55H107NO5S/c1-4-7-10-13-16-19-22-25-26-27-30-31-34-37-40-43-46-51(61-54(58)48-45-42-39-36-33-29-24-21-18-15-12-9-6-3)49-62-50-52(55(59)60)56-53(57)47-44-41-38-35-32-28-23-20-17-14-11-8-5-2/h51-52H,4-50H2,1-3H3,(H,56,57)(H,59,60)/t51-,52-/m0/s1. The average molecular weight is 895 g/mol. The summed E-state index contributed by atoms with van der Waals surface area (Å²) in [6.45, 7) is 6.82. The van der Waals surface area contributed by atoms with Gasteiger partial charge in [-0.05, 0) is 25.7 Å². The van der Waals surface area contributed by atoms with Crippen molar-refractivity contribution in [1.82, 2.24) is 5.32 Å². The number of carbonyl (C=O) groups is 3. The summed E-state index contributed by atoms with van der Waals surface area (Å²) in [6, 6.07) is -0.924. The van der Waals surface area contributed by atoms with E-state index in [1.54, 1.807) is 0 Å². The van der Waals surface area contributed by atoms with E-state index < -0.39 is 12.0 Å². The number of carboxylic acids is 1. The maximum absolute atomic E-state index is 13.0. The molecule has 0 aliphatic rings. The monoisotopic (exact) mass is 894 g/mol. The second-order valence-electron chi connectivity index (χ2n) is 19.2. The summed E-state index contributed by atoms with van der Waals surface area (Å²) >= 11 is 1.49. The molecule has 7 heteroatoms. The molecule has 0 radical (unpaired) electrons. The maximum Gasteiger partial charge on any atom is 0.327 e. The number of aliphatic carboxylic acids is 1. The van der Waals surface area contributed by atoms with Gasteiger partial charge in [0.25, 0.3) is 0 Å². The topological polar surface area (TPSA) is 92.7 Å². The van der Waals surface area contributed by atoms with Crippen molar-refractivity contribution in [1.29, 1.82) is 0 Å². The largest absolute Gasteiger partial charge is 0.480 e. The van der Waals surface area contributed by atoms with Crippen LogP contribution in [0.3, 0.4) is 0 Å². The van der Waals surface area contributed by atoms with Gasteiger partial charge in [-0.3, -0.25) is 9.59 Å². The predicted molar refractivity (Wildman–Crippen MR) is 272 cm³/mol. The summed E-state index contributed by atoms with van der Waals surface area (Å²) < 4.78 is 6.04. The molecule has 0 aliphatic carbocycles. The van der Waals surface area contributed by atoms with Crippen molar-refractivity contribution in [3.8, 4) is 0 Å². The molecule has 62 heavy (non-hydrogen) atoms. The third-order valence-corrected chi connectivity index (χ3v) is 14.1. The second-order valence-corrected chi connectivity index (χ2v) is 20.3. The smallest absolute Gasteiger partial charge is 0.327 e. The zero-order valence-electron chi connectivity index (χ0n) is 41.9. The Bertz CT molecular complexity index is 947. The summed E-state index contributed by atoms with van der Waals surface area (Å²) in [7, 11) is 0. The Morgan fingerprint density at radius 3 is 1.02 bits per heavy atom. The van der Waals surface area contributed by atoms with Gasteiger partial charge in [0.2, 0.25) is 5.91 Å². The Labute approximate surface area is 391 Å². The van der Waals surface area contributed by atoms with Crippen LogP contribution in [0.5, 0.6) is 0 Å². The molecular formula is C55H107NO5S. The van der Waals surface area contributed by atoms with Crippen molar-refractivity contribution in [2.75, 3.05) is 11.5 Å². The number of esters is 1. The molecule has 2 atom stereocenters. The summed E-state index contributed by atoms with van der Waals surface area (Å²) in [5, 5.41) is 12.7. The maximum atomic E-state index is 13.0. The highest BCUT2D eigenvalue weighted by atomic mass is 32.2. The van der Waals surface area contributed by atoms with E-state index in [1.807, 2.05) is 0 Å². The van der Waals surface area contributed by atoms with E-state index >= 15 is 0 Å². The van der Waals surface area contributed by atoms with E-state index in [0.717, 1.165) is 51.4 Å². The molecule has 2 N–H and O–H groups in total. The predicted octanol–water partition coefficient (Wildman–Crippen LogP) is 17.8. The Kier molecular flexibility index (Phi) is 49.7. The van der Waals surface area contributed by atoms with E-state index in [4.69, 9.17) is 4.74 Å². The number of carbonyl (C=O) groups excluding carboxylic acids is 2. The minimum atomic E-state index is -0.995. The summed E-state index contributed by atoms with van der Waals surface area (Å²) in [4.78, 5) is 37.8. The van der Waals surface area contributed by atoms with Gasteiger partial charge in [-0.25, -0.2) is 4.79 Å². The van der Waals surface area contributed by atoms with E-state index in [2.05, 4.69) is 26.1 Å². The lowest BCUT2D eigenvalue weighted by atomic mass is 10.0. The van der Waals surface area contributed by atoms with Gasteiger partial charge in [-0.2, -0.15) is 11.8 Å². The van der Waals surface area contributed by atoms with Crippen LogP contribution in [-0.2, 0) is 19.1 Å². The van der Waals surface area contributed by atoms with Crippen LogP contribution in [0.2, 0.25) is 0 Å². The van der Waals surface area contributed by atoms with Gasteiger partial charge in [0.1, 0.15) is 12.1 Å². The third kappa shape index (κ3) is 46.7. The number of ether oxygens (including phenoxy) is 1. The fourth-order valence-corrected chi connectivity index (χ4v) is 9.79. The van der Waals surface area contributed by atoms with Crippen LogP contribution in [0.1, 0.15) is 310 Å². The molecule has 0 aromatic carbocycles. The molecule has 0 aromatic heterocycles. The zero-order valence-corrected chi connectivity index (χ0v) is 42.7. The summed E-state index contributed by atoms with van der Waals surface area (Å²) in [6.07, 6.45) is 55.6. The van der Waals surface area contributed by atoms with Crippen LogP contribution in [0.15, 0.2) is 0 Å². The number of unbranched alkanes of at least 4 members (excludes halogenated alkanes) is 39. The van der Waals surface area contributed by atoms with Crippen LogP contribution in [0.4, 0.5) is 0 Å². The van der Waals surface area contributed by atoms with Gasteiger partial charge in [0.15, 0.2) is 0 Å². The molecule has 0 saturated heterocycles. The van der Waals surface area contributed by atoms with Crippen molar-refractivity contribution < 1.29 is 24.2 Å². The molecule has 0 fully saturated rings. The lowest BCUT2D eigenvalue weighted by Crippen LogP contribution is -2.42. The highest BCUT2D eigenvalue weighted by molar-refractivity contribution is 7.99. The Morgan fingerprint density at radius 2 is 0.694 bits per heavy atom. The van der Waals surface area contributed by atoms with Crippen molar-refractivity contribution in [2.45, 2.75) is 322 Å². The SMILES string of the molecule is CCCCCCCCCCCCCCCCCC[C@@H](CSC[C@H](NC(=O)CCCCCCCCCCCCCCC)C(=O)O)OC(=O)CCCCCCCCCCCCCCC. The first-order chi connectivity index (χ1) is 30.4. The molecule has 0 aromatic rings. The molecule has 0 spiro atoms. The number of hydrogen-bond donors (Lipinski definition) is 2. The molecule has 6 nitrogen and oxygen atoms in total. The Morgan fingerprint density at radius 1 is 0.403 bits per heavy atom. The zero-order chi connectivity index (χ0) is 45.2. The van der Waals surface area contributed by atoms with Crippen molar-refractivity contribution in [3.05, 3.63) is 0 Å². The van der Waals surface area contributed by atoms with E-state index in [1.165, 1.54) is 236 Å². The number of nitrogens with one attached hydrogen (secondary N) is 1. The van der Waals surface area contributed by atoms with Crippen LogP contribution < -0.4 is 5.32 Å². The first kappa shape index (κ1) is 60.8. The lowest BCUT2D eigenvalue weighted by Gasteiger charge is -2.20. The highest BCUT2D eigenvalue weighted by Crippen LogP contribution is 2.20. The fraction of sp³-hybridized carbons (Fsp3) is 0.945. The number of thioether (sulfide) groups is 1. The first-order valence-corrected chi connectivity index (χ1v) is 28.9. The minimum Gasteiger partial charge on any atom is -0.480 e. The molecular weight excluding hydrogens is 787 g/mol. The number of rotatable bonds is 52. The highest BCUT2D eigenvalue weighted by Gasteiger charge is 2.22. The molecule has 0 heterocycles. The lowest BCUT2D eigenvalue weighted by molar-refractivity contribution is -0.148. The minimum absolute atomic E-state index is 0.115. The average Bonchev–Trinajstić information content (AvgIpc) is 3.26. The van der Waals surface area contributed by atoms with Gasteiger partial charge in [0, 0.05) is 24.3 Å². The van der Waals surface area contributed by atoms with Crippen molar-refractivity contribution in [2.24, 2.45) is 0 Å². The van der Waals surface area contributed by atoms with Crippen LogP contribution in [0, 0.1) is 0 Å². The van der Waals surface area contributed by atoms with E-state index in [0.29, 0.717) is 18.6 Å². The van der Waals surface area contributed by atoms with Gasteiger partial charge >= 0.3 is 11.9 Å². The number of hydrogen-bond acceptors (Lipinski definition) is 5. The Balaban J connectivity index is 4.47. The quantitative estimate of drug-likeness (QED) is 0.0467. The van der Waals surface area contributed by atoms with E-state index in [-0.39, 0.29) is 23.7 Å². The van der Waals surface area contributed by atoms with Gasteiger partial charge in [-0.1, -0.05) is 271 Å². The van der Waals surface area contributed by atoms with Crippen LogP contribution in [0.25, 0.3) is 0 Å². The number of amides is 1. The molecule has 0 rings (SSSR count). The van der Waals surface area contributed by atoms with Crippen LogP contribution in [-0.4, -0.2) is 46.6 Å². The van der Waals surface area contributed by atoms with Gasteiger partial charge in [0.05, 0.1) is 0 Å². The van der Waals surface area contributed by atoms with Crippen molar-refractivity contribution in [3.63, 3.8) is 0 Å². The first-order valence-electron chi connectivity index (χ1n) is 27.7. The number of carboxylic acid groups (broad SMARTS) is 1. The van der Waals surface area contributed by atoms with Gasteiger partial charge < -0.3 is 15.2 Å². The molecule has 0 aliphatic heterocycles. The summed E-state index contributed by atoms with van der Waals surface area (Å²) in [5.74, 6) is -0.427. The Hall–Kier alpha value is -1.24. The molecule has 0 saturated carbocycles.